The van der Waals surface area contributed by atoms with E-state index in [4.69, 9.17) is 0 Å². The van der Waals surface area contributed by atoms with Crippen molar-refractivity contribution in [2.75, 3.05) is 0 Å². The lowest BCUT2D eigenvalue weighted by Gasteiger charge is -2.25. The molecule has 0 aromatic heterocycles. The molecule has 16 aromatic rings. The van der Waals surface area contributed by atoms with E-state index >= 15 is 0 Å². The van der Waals surface area contributed by atoms with Gasteiger partial charge in [-0.3, -0.25) is 0 Å². The second-order valence-corrected chi connectivity index (χ2v) is 26.4. The predicted octanol–water partition coefficient (Wildman–Crippen LogP) is 25.1. The first kappa shape index (κ1) is 53.1. The van der Waals surface area contributed by atoms with Crippen molar-refractivity contribution >= 4 is 64.6 Å². The van der Waals surface area contributed by atoms with E-state index in [1.807, 2.05) is 0 Å². The molecule has 0 N–H and O–H groups in total. The smallest absolute Gasteiger partial charge is 0.00137 e. The summed E-state index contributed by atoms with van der Waals surface area (Å²) in [4.78, 5) is 0. The zero-order valence-corrected chi connectivity index (χ0v) is 50.7. The summed E-state index contributed by atoms with van der Waals surface area (Å²) in [6.07, 6.45) is 0. The molecule has 0 radical (unpaired) electrons. The van der Waals surface area contributed by atoms with Crippen molar-refractivity contribution in [3.63, 3.8) is 0 Å². The van der Waals surface area contributed by atoms with Crippen LogP contribution in [0.15, 0.2) is 291 Å². The molecular weight excluding hydrogens is 1060 g/mol. The zero-order valence-electron chi connectivity index (χ0n) is 50.7. The van der Waals surface area contributed by atoms with E-state index in [0.29, 0.717) is 0 Å². The molecule has 0 saturated carbocycles. The summed E-state index contributed by atoms with van der Waals surface area (Å²) < 4.78 is 0. The molecule has 0 aliphatic heterocycles. The van der Waals surface area contributed by atoms with Crippen molar-refractivity contribution in [1.82, 2.24) is 0 Å². The Morgan fingerprint density at radius 2 is 0.386 bits per heavy atom. The van der Waals surface area contributed by atoms with Crippen LogP contribution in [0.2, 0.25) is 0 Å². The van der Waals surface area contributed by atoms with E-state index in [1.54, 1.807) is 0 Å². The molecule has 0 heteroatoms. The third kappa shape index (κ3) is 9.22. The third-order valence-electron chi connectivity index (χ3n) is 18.9. The van der Waals surface area contributed by atoms with Crippen molar-refractivity contribution < 1.29 is 0 Å². The highest BCUT2D eigenvalue weighted by molar-refractivity contribution is 6.32. The highest BCUT2D eigenvalue weighted by atomic mass is 14.3. The van der Waals surface area contributed by atoms with Gasteiger partial charge in [-0.15, -0.1) is 0 Å². The lowest BCUT2D eigenvalue weighted by atomic mass is 9.78. The van der Waals surface area contributed by atoms with Gasteiger partial charge in [-0.05, 0) is 199 Å². The largest absolute Gasteiger partial charge is 0.0622 e. The van der Waals surface area contributed by atoms with Crippen LogP contribution in [0.3, 0.4) is 0 Å². The zero-order chi connectivity index (χ0) is 59.4. The van der Waals surface area contributed by atoms with Crippen molar-refractivity contribution in [2.45, 2.75) is 52.4 Å². The van der Waals surface area contributed by atoms with Crippen LogP contribution in [0.1, 0.15) is 52.7 Å². The Morgan fingerprint density at radius 3 is 0.625 bits per heavy atom. The summed E-state index contributed by atoms with van der Waals surface area (Å²) in [7, 11) is 0. The molecule has 88 heavy (non-hydrogen) atoms. The van der Waals surface area contributed by atoms with E-state index in [1.165, 1.54) is 176 Å². The van der Waals surface area contributed by atoms with E-state index in [-0.39, 0.29) is 10.8 Å². The summed E-state index contributed by atoms with van der Waals surface area (Å²) in [5.74, 6) is 0. The third-order valence-corrected chi connectivity index (χ3v) is 18.9. The molecule has 0 fully saturated rings. The maximum Gasteiger partial charge on any atom is -0.00137 e. The summed E-state index contributed by atoms with van der Waals surface area (Å²) >= 11 is 0. The minimum atomic E-state index is 0.00520. The van der Waals surface area contributed by atoms with Crippen LogP contribution in [0.5, 0.6) is 0 Å². The standard InChI is InChI=1S/C88H66/c1-87(2,3)75-49-69-41-43-73-53-79(67-37-33-65(34-38-67)63-29-25-61(26-30-63)59-21-17-57(18-22-59)55-13-9-7-10-14-55)85(77-47-45-71(51-75)81(69)83(73)77)86-78-48-46-72-52-76(88(4,5)6)50-70-42-44-74(84(78)82(70)72)54-80(86)68-39-35-66(36-40-68)64-31-27-62(28-32-64)60-23-19-58(20-24-60)56-15-11-8-12-16-56/h7-54H,1-6H3. The number of benzene rings is 16. The van der Waals surface area contributed by atoms with Gasteiger partial charge in [0.25, 0.3) is 0 Å². The molecule has 0 bridgehead atoms. The van der Waals surface area contributed by atoms with Crippen LogP contribution in [0.25, 0.3) is 165 Å². The van der Waals surface area contributed by atoms with Gasteiger partial charge in [-0.1, -0.05) is 321 Å². The molecule has 0 heterocycles. The molecule has 0 aliphatic rings. The summed E-state index contributed by atoms with van der Waals surface area (Å²) in [5.41, 5.74) is 24.6. The van der Waals surface area contributed by atoms with E-state index < -0.39 is 0 Å². The maximum absolute atomic E-state index is 2.50. The molecule has 16 aromatic carbocycles. The second-order valence-electron chi connectivity index (χ2n) is 26.4. The van der Waals surface area contributed by atoms with Gasteiger partial charge in [-0.2, -0.15) is 0 Å². The summed E-state index contributed by atoms with van der Waals surface area (Å²) in [6.45, 7) is 13.9. The average molecular weight is 1120 g/mol. The van der Waals surface area contributed by atoms with Crippen molar-refractivity contribution in [1.29, 1.82) is 0 Å². The Balaban J connectivity index is 0.863. The molecule has 0 atom stereocenters. The fourth-order valence-electron chi connectivity index (χ4n) is 14.0. The van der Waals surface area contributed by atoms with E-state index in [0.717, 1.165) is 0 Å². The van der Waals surface area contributed by atoms with Crippen molar-refractivity contribution in [3.8, 4) is 100 Å². The quantitative estimate of drug-likeness (QED) is 0.126. The first-order valence-electron chi connectivity index (χ1n) is 31.1. The molecule has 0 nitrogen and oxygen atoms in total. The predicted molar refractivity (Wildman–Crippen MR) is 380 cm³/mol. The van der Waals surface area contributed by atoms with Crippen LogP contribution in [0, 0.1) is 0 Å². The Morgan fingerprint density at radius 1 is 0.182 bits per heavy atom. The molecule has 16 rings (SSSR count). The lowest BCUT2D eigenvalue weighted by molar-refractivity contribution is 0.591. The first-order chi connectivity index (χ1) is 42.8. The number of hydrogen-bond donors (Lipinski definition) is 0. The van der Waals surface area contributed by atoms with Gasteiger partial charge in [0, 0.05) is 0 Å². The van der Waals surface area contributed by atoms with Crippen LogP contribution in [-0.4, -0.2) is 0 Å². The van der Waals surface area contributed by atoms with Crippen molar-refractivity contribution in [3.05, 3.63) is 302 Å². The molecule has 0 spiro atoms. The van der Waals surface area contributed by atoms with Crippen LogP contribution >= 0.6 is 0 Å². The molecule has 0 aliphatic carbocycles. The SMILES string of the molecule is CC(C)(C)c1cc2ccc3cc(-c4ccc(-c5ccc(-c6ccc(-c7ccccc7)cc6)cc5)cc4)c(-c4c(-c5ccc(-c6ccc(-c7ccc(-c8ccccc8)cc7)cc6)cc5)cc5ccc6cc(C(C)(C)C)cc7ccc4c5c67)c4ccc(c1)c2c34. The van der Waals surface area contributed by atoms with Gasteiger partial charge < -0.3 is 0 Å². The first-order valence-corrected chi connectivity index (χ1v) is 31.1. The lowest BCUT2D eigenvalue weighted by Crippen LogP contribution is -2.11. The van der Waals surface area contributed by atoms with E-state index in [2.05, 4.69) is 333 Å². The van der Waals surface area contributed by atoms with Gasteiger partial charge in [-0.25, -0.2) is 0 Å². The fraction of sp³-hybridized carbons (Fsp3) is 0.0909. The van der Waals surface area contributed by atoms with Gasteiger partial charge in [0.15, 0.2) is 0 Å². The van der Waals surface area contributed by atoms with Gasteiger partial charge in [0.2, 0.25) is 0 Å². The number of rotatable bonds is 9. The molecule has 0 saturated heterocycles. The molecule has 0 unspecified atom stereocenters. The fourth-order valence-corrected chi connectivity index (χ4v) is 14.0. The van der Waals surface area contributed by atoms with Gasteiger partial charge in [0.05, 0.1) is 0 Å². The topological polar surface area (TPSA) is 0 Å². The summed E-state index contributed by atoms with van der Waals surface area (Å²) in [6, 6.07) is 110. The van der Waals surface area contributed by atoms with E-state index in [9.17, 15) is 0 Å². The Labute approximate surface area is 516 Å². The maximum atomic E-state index is 2.50. The molecular formula is C88H66. The Hall–Kier alpha value is -10.4. The van der Waals surface area contributed by atoms with Gasteiger partial charge >= 0.3 is 0 Å². The number of hydrogen-bond acceptors (Lipinski definition) is 0. The minimum absolute atomic E-state index is 0.00520. The van der Waals surface area contributed by atoms with Crippen LogP contribution in [0.4, 0.5) is 0 Å². The minimum Gasteiger partial charge on any atom is -0.0622 e. The average Bonchev–Trinajstić information content (AvgIpc) is 0.729. The monoisotopic (exact) mass is 1120 g/mol. The normalized spacial score (nSPS) is 12.2. The Kier molecular flexibility index (Phi) is 12.5. The molecule has 418 valence electrons. The summed E-state index contributed by atoms with van der Waals surface area (Å²) in [5, 5.41) is 15.5. The van der Waals surface area contributed by atoms with Crippen LogP contribution < -0.4 is 0 Å². The van der Waals surface area contributed by atoms with Crippen molar-refractivity contribution in [2.24, 2.45) is 0 Å². The Bertz CT molecular complexity index is 4890. The highest BCUT2D eigenvalue weighted by Crippen LogP contribution is 2.53. The second kappa shape index (κ2) is 20.7. The molecule has 0 amide bonds. The highest BCUT2D eigenvalue weighted by Gasteiger charge is 2.26. The van der Waals surface area contributed by atoms with Gasteiger partial charge in [0.1, 0.15) is 0 Å². The van der Waals surface area contributed by atoms with Crippen LogP contribution in [-0.2, 0) is 10.8 Å².